The minimum absolute atomic E-state index is 0.0646. The van der Waals surface area contributed by atoms with E-state index < -0.39 is 0 Å². The maximum Gasteiger partial charge on any atom is 0.302 e. The number of carbonyl (C=O) groups is 2. The average molecular weight is 387 g/mol. The maximum absolute atomic E-state index is 12.8. The SMILES string of the molecule is CC(=O)O[C@@H]1CC[C@@]2(C)C(=CC[C@H]3[C@H]2CC[C@@]2(C)[C@@H]3C[C@@H](C)[C@]2(C)C(C)=O)C1. The molecule has 0 heterocycles. The first-order valence-corrected chi connectivity index (χ1v) is 11.4. The van der Waals surface area contributed by atoms with E-state index in [0.29, 0.717) is 29.5 Å². The molecule has 0 spiro atoms. The summed E-state index contributed by atoms with van der Waals surface area (Å²) in [4.78, 5) is 24.2. The van der Waals surface area contributed by atoms with Gasteiger partial charge in [0.15, 0.2) is 0 Å². The van der Waals surface area contributed by atoms with Gasteiger partial charge in [-0.3, -0.25) is 9.59 Å². The van der Waals surface area contributed by atoms with E-state index in [1.54, 1.807) is 0 Å². The van der Waals surface area contributed by atoms with Gasteiger partial charge in [-0.05, 0) is 80.0 Å². The van der Waals surface area contributed by atoms with Crippen LogP contribution in [0.1, 0.15) is 86.5 Å². The molecule has 3 nitrogen and oxygen atoms in total. The molecule has 0 aromatic heterocycles. The second kappa shape index (κ2) is 6.44. The number of hydrogen-bond acceptors (Lipinski definition) is 3. The van der Waals surface area contributed by atoms with Crippen molar-refractivity contribution in [2.24, 2.45) is 39.9 Å². The standard InChI is InChI=1S/C25H38O3/c1-15-13-22-20-8-7-18-14-19(28-17(3)27)9-11-23(18,4)21(20)10-12-24(22,5)25(15,6)16(2)26/h7,15,19-22H,8-14H2,1-6H3/t15-,19-,20+,21-,22-,23+,24+,25-/m1/s1. The summed E-state index contributed by atoms with van der Waals surface area (Å²) in [5, 5.41) is 0. The van der Waals surface area contributed by atoms with Crippen LogP contribution in [0.2, 0.25) is 0 Å². The summed E-state index contributed by atoms with van der Waals surface area (Å²) in [7, 11) is 0. The van der Waals surface area contributed by atoms with Gasteiger partial charge < -0.3 is 4.74 Å². The van der Waals surface area contributed by atoms with Crippen molar-refractivity contribution in [2.45, 2.75) is 92.6 Å². The van der Waals surface area contributed by atoms with Crippen LogP contribution in [-0.2, 0) is 14.3 Å². The molecule has 28 heavy (non-hydrogen) atoms. The van der Waals surface area contributed by atoms with Crippen LogP contribution in [0, 0.1) is 39.9 Å². The Hall–Kier alpha value is -1.12. The highest BCUT2D eigenvalue weighted by atomic mass is 16.5. The molecule has 0 aromatic carbocycles. The molecule has 0 N–H and O–H groups in total. The van der Waals surface area contributed by atoms with E-state index in [9.17, 15) is 9.59 Å². The van der Waals surface area contributed by atoms with Gasteiger partial charge in [0.1, 0.15) is 11.9 Å². The number of allylic oxidation sites excluding steroid dienone is 1. The van der Waals surface area contributed by atoms with Crippen molar-refractivity contribution in [3.63, 3.8) is 0 Å². The molecule has 3 saturated carbocycles. The monoisotopic (exact) mass is 386 g/mol. The second-order valence-electron chi connectivity index (χ2n) is 11.1. The Balaban J connectivity index is 1.64. The fourth-order valence-corrected chi connectivity index (χ4v) is 8.29. The molecule has 3 fully saturated rings. The molecule has 4 rings (SSSR count). The molecule has 0 unspecified atom stereocenters. The molecule has 156 valence electrons. The molecular weight excluding hydrogens is 348 g/mol. The first kappa shape index (κ1) is 20.2. The third-order valence-corrected chi connectivity index (χ3v) is 10.3. The van der Waals surface area contributed by atoms with Gasteiger partial charge in [-0.1, -0.05) is 39.3 Å². The number of carbonyl (C=O) groups excluding carboxylic acids is 2. The van der Waals surface area contributed by atoms with Crippen LogP contribution >= 0.6 is 0 Å². The lowest BCUT2D eigenvalue weighted by molar-refractivity contribution is -0.150. The van der Waals surface area contributed by atoms with Crippen LogP contribution in [0.5, 0.6) is 0 Å². The molecule has 3 heteroatoms. The van der Waals surface area contributed by atoms with E-state index >= 15 is 0 Å². The minimum atomic E-state index is -0.180. The van der Waals surface area contributed by atoms with Crippen molar-refractivity contribution in [3.8, 4) is 0 Å². The van der Waals surface area contributed by atoms with Crippen LogP contribution in [0.15, 0.2) is 11.6 Å². The Morgan fingerprint density at radius 3 is 2.43 bits per heavy atom. The highest BCUT2D eigenvalue weighted by molar-refractivity contribution is 5.83. The van der Waals surface area contributed by atoms with Gasteiger partial charge in [-0.2, -0.15) is 0 Å². The van der Waals surface area contributed by atoms with Gasteiger partial charge in [0, 0.05) is 18.8 Å². The quantitative estimate of drug-likeness (QED) is 0.450. The van der Waals surface area contributed by atoms with Crippen LogP contribution < -0.4 is 0 Å². The summed E-state index contributed by atoms with van der Waals surface area (Å²) < 4.78 is 5.56. The Bertz CT molecular complexity index is 723. The van der Waals surface area contributed by atoms with Crippen molar-refractivity contribution in [1.82, 2.24) is 0 Å². The predicted octanol–water partition coefficient (Wildman–Crippen LogP) is 5.72. The van der Waals surface area contributed by atoms with Crippen LogP contribution in [0.4, 0.5) is 0 Å². The van der Waals surface area contributed by atoms with Gasteiger partial charge in [-0.15, -0.1) is 0 Å². The fraction of sp³-hybridized carbons (Fsp3) is 0.840. The third kappa shape index (κ3) is 2.53. The molecule has 4 aliphatic rings. The zero-order valence-electron chi connectivity index (χ0n) is 18.6. The maximum atomic E-state index is 12.8. The zero-order chi connectivity index (χ0) is 20.5. The van der Waals surface area contributed by atoms with Crippen LogP contribution in [-0.4, -0.2) is 17.9 Å². The van der Waals surface area contributed by atoms with Crippen LogP contribution in [0.3, 0.4) is 0 Å². The Kier molecular flexibility index (Phi) is 4.64. The molecular formula is C25H38O3. The van der Waals surface area contributed by atoms with Crippen molar-refractivity contribution >= 4 is 11.8 Å². The van der Waals surface area contributed by atoms with Gasteiger partial charge in [0.25, 0.3) is 0 Å². The van der Waals surface area contributed by atoms with E-state index in [-0.39, 0.29) is 28.3 Å². The molecule has 0 aliphatic heterocycles. The highest BCUT2D eigenvalue weighted by Crippen LogP contribution is 2.71. The average Bonchev–Trinajstić information content (AvgIpc) is 2.83. The lowest BCUT2D eigenvalue weighted by atomic mass is 9.45. The van der Waals surface area contributed by atoms with Crippen molar-refractivity contribution < 1.29 is 14.3 Å². The minimum Gasteiger partial charge on any atom is -0.462 e. The Labute approximate surface area is 170 Å². The van der Waals surface area contributed by atoms with Gasteiger partial charge in [0.05, 0.1) is 0 Å². The van der Waals surface area contributed by atoms with Gasteiger partial charge in [0.2, 0.25) is 0 Å². The van der Waals surface area contributed by atoms with E-state index in [1.165, 1.54) is 31.8 Å². The van der Waals surface area contributed by atoms with Gasteiger partial charge >= 0.3 is 5.97 Å². The van der Waals surface area contributed by atoms with Gasteiger partial charge in [-0.25, -0.2) is 0 Å². The largest absolute Gasteiger partial charge is 0.462 e. The number of rotatable bonds is 2. The van der Waals surface area contributed by atoms with E-state index in [4.69, 9.17) is 4.74 Å². The summed E-state index contributed by atoms with van der Waals surface area (Å²) in [5.41, 5.74) is 1.74. The summed E-state index contributed by atoms with van der Waals surface area (Å²) in [6.45, 7) is 12.8. The molecule has 8 atom stereocenters. The topological polar surface area (TPSA) is 43.4 Å². The lowest BCUT2D eigenvalue weighted by Crippen LogP contribution is -2.53. The smallest absolute Gasteiger partial charge is 0.302 e. The number of ether oxygens (including phenoxy) is 1. The summed E-state index contributed by atoms with van der Waals surface area (Å²) >= 11 is 0. The van der Waals surface area contributed by atoms with E-state index in [1.807, 2.05) is 6.92 Å². The van der Waals surface area contributed by atoms with E-state index in [2.05, 4.69) is 33.8 Å². The molecule has 4 aliphatic carbocycles. The van der Waals surface area contributed by atoms with Crippen molar-refractivity contribution in [2.75, 3.05) is 0 Å². The number of ketones is 1. The lowest BCUT2D eigenvalue weighted by Gasteiger charge is -2.59. The normalized spacial score (nSPS) is 50.1. The summed E-state index contributed by atoms with van der Waals surface area (Å²) in [5.74, 6) is 2.77. The Morgan fingerprint density at radius 2 is 1.79 bits per heavy atom. The first-order valence-electron chi connectivity index (χ1n) is 11.4. The summed E-state index contributed by atoms with van der Waals surface area (Å²) in [6.07, 6.45) is 10.3. The number of esters is 1. The number of hydrogen-bond donors (Lipinski definition) is 0. The number of Topliss-reactive ketones (excluding diaryl/α,β-unsaturated/α-hetero) is 1. The van der Waals surface area contributed by atoms with Crippen LogP contribution in [0.25, 0.3) is 0 Å². The third-order valence-electron chi connectivity index (χ3n) is 10.3. The molecule has 0 bridgehead atoms. The second-order valence-corrected chi connectivity index (χ2v) is 11.1. The molecule has 0 aromatic rings. The Morgan fingerprint density at radius 1 is 1.07 bits per heavy atom. The first-order chi connectivity index (χ1) is 13.0. The fourth-order valence-electron chi connectivity index (χ4n) is 8.29. The van der Waals surface area contributed by atoms with Crippen molar-refractivity contribution in [3.05, 3.63) is 11.6 Å². The highest BCUT2D eigenvalue weighted by Gasteiger charge is 2.66. The predicted molar refractivity (Wildman–Crippen MR) is 111 cm³/mol. The van der Waals surface area contributed by atoms with E-state index in [0.717, 1.165) is 25.7 Å². The summed E-state index contributed by atoms with van der Waals surface area (Å²) in [6, 6.07) is 0. The molecule has 0 radical (unpaired) electrons. The molecule has 0 saturated heterocycles. The number of fused-ring (bicyclic) bond motifs is 5. The zero-order valence-corrected chi connectivity index (χ0v) is 18.6. The molecule has 0 amide bonds. The van der Waals surface area contributed by atoms with Crippen molar-refractivity contribution in [1.29, 1.82) is 0 Å².